The second kappa shape index (κ2) is 51.4. The zero-order valence-corrected chi connectivity index (χ0v) is 43.4. The van der Waals surface area contributed by atoms with E-state index in [-0.39, 0.29) is 38.6 Å². The molecule has 0 spiro atoms. The van der Waals surface area contributed by atoms with Crippen molar-refractivity contribution in [2.45, 2.75) is 309 Å². The second-order valence-corrected chi connectivity index (χ2v) is 20.6. The monoisotopic (exact) mass is 930 g/mol. The fourth-order valence-corrected chi connectivity index (χ4v) is 9.35. The van der Waals surface area contributed by atoms with E-state index in [0.717, 1.165) is 32.1 Å². The van der Waals surface area contributed by atoms with Crippen molar-refractivity contribution in [2.75, 3.05) is 26.4 Å². The summed E-state index contributed by atoms with van der Waals surface area (Å²) in [7, 11) is -4.38. The molecule has 0 aliphatic carbocycles. The van der Waals surface area contributed by atoms with Crippen molar-refractivity contribution in [1.29, 1.82) is 0 Å². The Morgan fingerprint density at radius 2 is 0.672 bits per heavy atom. The number of carbonyl (C=O) groups is 2. The SMILES string of the molecule is CCCCCCCCCCCCCCCCCCCCCCCCCC(=O)O[C@H](COC(=O)CCCCCCCCCCCCCCCCCCCCCC)COP(=O)(O)OCCN. The van der Waals surface area contributed by atoms with E-state index >= 15 is 0 Å². The summed E-state index contributed by atoms with van der Waals surface area (Å²) in [6.45, 7) is 3.82. The van der Waals surface area contributed by atoms with Gasteiger partial charge in [0.25, 0.3) is 0 Å². The highest BCUT2D eigenvalue weighted by Crippen LogP contribution is 2.43. The van der Waals surface area contributed by atoms with Crippen LogP contribution in [0.5, 0.6) is 0 Å². The number of esters is 2. The van der Waals surface area contributed by atoms with Crippen molar-refractivity contribution >= 4 is 19.8 Å². The largest absolute Gasteiger partial charge is 0.472 e. The van der Waals surface area contributed by atoms with Gasteiger partial charge in [-0.15, -0.1) is 0 Å². The molecule has 382 valence electrons. The molecule has 0 heterocycles. The molecule has 0 saturated heterocycles. The number of rotatable bonds is 54. The molecule has 2 atom stereocenters. The minimum Gasteiger partial charge on any atom is -0.462 e. The second-order valence-electron chi connectivity index (χ2n) is 19.2. The third-order valence-electron chi connectivity index (χ3n) is 12.7. The van der Waals surface area contributed by atoms with Crippen LogP contribution in [0.4, 0.5) is 0 Å². The number of hydrogen-bond donors (Lipinski definition) is 2. The predicted octanol–water partition coefficient (Wildman–Crippen LogP) is 17.1. The standard InChI is InChI=1S/C54H108NO8P/c1-3-5-7-9-11-13-15-17-19-21-23-25-26-27-29-31-33-35-37-39-41-43-45-47-54(57)63-52(51-62-64(58,59)61-49-48-55)50-60-53(56)46-44-42-40-38-36-34-32-30-28-24-22-20-18-16-14-12-10-8-6-4-2/h52H,3-51,55H2,1-2H3,(H,58,59)/t52-/m1/s1. The van der Waals surface area contributed by atoms with Crippen molar-refractivity contribution in [3.63, 3.8) is 0 Å². The Kier molecular flexibility index (Phi) is 50.6. The maximum Gasteiger partial charge on any atom is 0.472 e. The van der Waals surface area contributed by atoms with Crippen LogP contribution in [0.1, 0.15) is 303 Å². The molecule has 0 saturated carbocycles. The number of ether oxygens (including phenoxy) is 2. The number of nitrogens with two attached hydrogens (primary N) is 1. The van der Waals surface area contributed by atoms with Crippen molar-refractivity contribution in [1.82, 2.24) is 0 Å². The third-order valence-corrected chi connectivity index (χ3v) is 13.7. The van der Waals surface area contributed by atoms with E-state index in [1.165, 1.54) is 238 Å². The number of carbonyl (C=O) groups excluding carboxylic acids is 2. The van der Waals surface area contributed by atoms with Crippen LogP contribution in [0.2, 0.25) is 0 Å². The minimum absolute atomic E-state index is 0.0585. The van der Waals surface area contributed by atoms with E-state index in [9.17, 15) is 19.0 Å². The van der Waals surface area contributed by atoms with E-state index in [1.807, 2.05) is 0 Å². The lowest BCUT2D eigenvalue weighted by Gasteiger charge is -2.19. The van der Waals surface area contributed by atoms with Crippen LogP contribution in [-0.4, -0.2) is 49.3 Å². The molecule has 64 heavy (non-hydrogen) atoms. The van der Waals surface area contributed by atoms with Gasteiger partial charge in [-0.2, -0.15) is 0 Å². The highest BCUT2D eigenvalue weighted by molar-refractivity contribution is 7.47. The Hall–Kier alpha value is -0.990. The quantitative estimate of drug-likeness (QED) is 0.0347. The highest BCUT2D eigenvalue weighted by Gasteiger charge is 2.26. The van der Waals surface area contributed by atoms with Gasteiger partial charge in [0.15, 0.2) is 6.10 Å². The van der Waals surface area contributed by atoms with Crippen LogP contribution in [0, 0.1) is 0 Å². The van der Waals surface area contributed by atoms with Gasteiger partial charge in [-0.3, -0.25) is 18.6 Å². The van der Waals surface area contributed by atoms with Gasteiger partial charge in [-0.1, -0.05) is 277 Å². The topological polar surface area (TPSA) is 134 Å². The van der Waals surface area contributed by atoms with Crippen molar-refractivity contribution in [3.05, 3.63) is 0 Å². The zero-order chi connectivity index (χ0) is 46.7. The average Bonchev–Trinajstić information content (AvgIpc) is 3.28. The molecule has 0 aromatic carbocycles. The molecule has 0 radical (unpaired) electrons. The smallest absolute Gasteiger partial charge is 0.462 e. The van der Waals surface area contributed by atoms with Gasteiger partial charge in [-0.05, 0) is 12.8 Å². The third kappa shape index (κ3) is 50.4. The summed E-state index contributed by atoms with van der Waals surface area (Å²) in [4.78, 5) is 35.1. The summed E-state index contributed by atoms with van der Waals surface area (Å²) in [5, 5.41) is 0. The molecule has 0 aromatic heterocycles. The van der Waals surface area contributed by atoms with Gasteiger partial charge < -0.3 is 20.1 Å². The van der Waals surface area contributed by atoms with Gasteiger partial charge in [0.1, 0.15) is 6.61 Å². The summed E-state index contributed by atoms with van der Waals surface area (Å²) >= 11 is 0. The molecule has 3 N–H and O–H groups in total. The Morgan fingerprint density at radius 1 is 0.406 bits per heavy atom. The average molecular weight is 930 g/mol. The molecule has 0 aromatic rings. The molecule has 0 rings (SSSR count). The molecule has 0 amide bonds. The van der Waals surface area contributed by atoms with Gasteiger partial charge in [0.2, 0.25) is 0 Å². The van der Waals surface area contributed by atoms with Gasteiger partial charge in [-0.25, -0.2) is 4.57 Å². The zero-order valence-electron chi connectivity index (χ0n) is 42.6. The Balaban J connectivity index is 3.93. The lowest BCUT2D eigenvalue weighted by Crippen LogP contribution is -2.29. The molecule has 0 bridgehead atoms. The van der Waals surface area contributed by atoms with Gasteiger partial charge in [0.05, 0.1) is 13.2 Å². The van der Waals surface area contributed by atoms with E-state index in [4.69, 9.17) is 24.3 Å². The molecule has 0 aliphatic rings. The van der Waals surface area contributed by atoms with Crippen molar-refractivity contribution in [3.8, 4) is 0 Å². The first-order valence-electron chi connectivity index (χ1n) is 28.0. The lowest BCUT2D eigenvalue weighted by molar-refractivity contribution is -0.161. The van der Waals surface area contributed by atoms with Gasteiger partial charge in [0, 0.05) is 19.4 Å². The fraction of sp³-hybridized carbons (Fsp3) is 0.963. The summed E-state index contributed by atoms with van der Waals surface area (Å²) < 4.78 is 33.0. The van der Waals surface area contributed by atoms with Gasteiger partial charge >= 0.3 is 19.8 Å². The summed E-state index contributed by atoms with van der Waals surface area (Å²) in [5.74, 6) is -0.803. The Bertz CT molecular complexity index is 1020. The van der Waals surface area contributed by atoms with Crippen molar-refractivity contribution < 1.29 is 37.6 Å². The number of phosphoric acid groups is 1. The van der Waals surface area contributed by atoms with E-state index < -0.39 is 26.5 Å². The predicted molar refractivity (Wildman–Crippen MR) is 271 cm³/mol. The number of unbranched alkanes of at least 4 members (excludes halogenated alkanes) is 41. The molecule has 0 fully saturated rings. The molecular weight excluding hydrogens is 822 g/mol. The maximum atomic E-state index is 12.7. The summed E-state index contributed by atoms with van der Waals surface area (Å²) in [6, 6.07) is 0. The summed E-state index contributed by atoms with van der Waals surface area (Å²) in [5.41, 5.74) is 5.38. The molecule has 0 aliphatic heterocycles. The maximum absolute atomic E-state index is 12.7. The van der Waals surface area contributed by atoms with E-state index in [0.29, 0.717) is 6.42 Å². The first-order valence-corrected chi connectivity index (χ1v) is 29.5. The van der Waals surface area contributed by atoms with Crippen LogP contribution in [-0.2, 0) is 32.7 Å². The van der Waals surface area contributed by atoms with Crippen LogP contribution in [0.25, 0.3) is 0 Å². The van der Waals surface area contributed by atoms with Crippen LogP contribution in [0.3, 0.4) is 0 Å². The molecular formula is C54H108NO8P. The lowest BCUT2D eigenvalue weighted by atomic mass is 10.0. The van der Waals surface area contributed by atoms with E-state index in [2.05, 4.69) is 13.8 Å². The Morgan fingerprint density at radius 3 is 0.953 bits per heavy atom. The Labute approximate surface area is 397 Å². The van der Waals surface area contributed by atoms with Crippen LogP contribution < -0.4 is 5.73 Å². The van der Waals surface area contributed by atoms with Crippen LogP contribution >= 0.6 is 7.82 Å². The number of phosphoric ester groups is 1. The first-order chi connectivity index (χ1) is 31.3. The highest BCUT2D eigenvalue weighted by atomic mass is 31.2. The van der Waals surface area contributed by atoms with Crippen LogP contribution in [0.15, 0.2) is 0 Å². The van der Waals surface area contributed by atoms with E-state index in [1.54, 1.807) is 0 Å². The molecule has 9 nitrogen and oxygen atoms in total. The summed E-state index contributed by atoms with van der Waals surface area (Å²) in [6.07, 6.45) is 55.8. The number of hydrogen-bond acceptors (Lipinski definition) is 8. The first kappa shape index (κ1) is 63.0. The molecule has 10 heteroatoms. The fourth-order valence-electron chi connectivity index (χ4n) is 8.58. The molecule has 1 unspecified atom stereocenters. The normalized spacial score (nSPS) is 13.0. The minimum atomic E-state index is -4.38. The van der Waals surface area contributed by atoms with Crippen molar-refractivity contribution in [2.24, 2.45) is 5.73 Å².